The zero-order valence-electron chi connectivity index (χ0n) is 8.41. The number of hydrogen-bond acceptors (Lipinski definition) is 1. The van der Waals surface area contributed by atoms with Gasteiger partial charge in [-0.2, -0.15) is 0 Å². The number of hydrogen-bond donors (Lipinski definition) is 2. The van der Waals surface area contributed by atoms with E-state index in [-0.39, 0.29) is 11.4 Å². The standard InChI is InChI=1S/C11H14BrN3/c12-9-4-2-1-3-8(9)11(5-6-11)7-15-10(13)14/h1-4H,5-7H2,(H4,13,14,15). The quantitative estimate of drug-likeness (QED) is 0.648. The van der Waals surface area contributed by atoms with Crippen LogP contribution in [0, 0.1) is 0 Å². The highest BCUT2D eigenvalue weighted by Crippen LogP contribution is 2.50. The predicted molar refractivity (Wildman–Crippen MR) is 65.7 cm³/mol. The molecule has 3 nitrogen and oxygen atoms in total. The van der Waals surface area contributed by atoms with Gasteiger partial charge < -0.3 is 11.5 Å². The second-order valence-electron chi connectivity index (χ2n) is 4.00. The lowest BCUT2D eigenvalue weighted by Gasteiger charge is -2.14. The van der Waals surface area contributed by atoms with Crippen LogP contribution in [0.5, 0.6) is 0 Å². The van der Waals surface area contributed by atoms with Crippen molar-refractivity contribution in [3.8, 4) is 0 Å². The lowest BCUT2D eigenvalue weighted by molar-refractivity contribution is 0.701. The smallest absolute Gasteiger partial charge is 0.185 e. The maximum atomic E-state index is 5.36. The van der Waals surface area contributed by atoms with Crippen LogP contribution in [0.3, 0.4) is 0 Å². The van der Waals surface area contributed by atoms with Gasteiger partial charge in [0.1, 0.15) is 0 Å². The maximum Gasteiger partial charge on any atom is 0.185 e. The highest BCUT2D eigenvalue weighted by atomic mass is 79.9. The minimum Gasteiger partial charge on any atom is -0.370 e. The molecule has 4 heteroatoms. The lowest BCUT2D eigenvalue weighted by atomic mass is 9.96. The summed E-state index contributed by atoms with van der Waals surface area (Å²) in [6.07, 6.45) is 2.32. The van der Waals surface area contributed by atoms with E-state index in [4.69, 9.17) is 11.5 Å². The molecule has 80 valence electrons. The molecule has 1 aliphatic carbocycles. The van der Waals surface area contributed by atoms with Crippen LogP contribution in [0.25, 0.3) is 0 Å². The minimum atomic E-state index is 0.171. The van der Waals surface area contributed by atoms with Gasteiger partial charge in [-0.25, -0.2) is 0 Å². The summed E-state index contributed by atoms with van der Waals surface area (Å²) in [4.78, 5) is 4.13. The second kappa shape index (κ2) is 3.85. The Morgan fingerprint density at radius 1 is 1.33 bits per heavy atom. The molecule has 0 radical (unpaired) electrons. The first-order chi connectivity index (χ1) is 7.14. The fourth-order valence-electron chi connectivity index (χ4n) is 1.80. The van der Waals surface area contributed by atoms with Crippen LogP contribution in [0.2, 0.25) is 0 Å². The van der Waals surface area contributed by atoms with Gasteiger partial charge in [0.05, 0.1) is 6.54 Å². The first-order valence-electron chi connectivity index (χ1n) is 4.94. The maximum absolute atomic E-state index is 5.36. The summed E-state index contributed by atoms with van der Waals surface area (Å²) in [5, 5.41) is 0. The summed E-state index contributed by atoms with van der Waals surface area (Å²) in [6.45, 7) is 0.692. The van der Waals surface area contributed by atoms with E-state index >= 15 is 0 Å². The van der Waals surface area contributed by atoms with Gasteiger partial charge in [-0.15, -0.1) is 0 Å². The normalized spacial score (nSPS) is 17.1. The zero-order valence-corrected chi connectivity index (χ0v) is 10.00. The molecule has 1 saturated carbocycles. The third-order valence-corrected chi connectivity index (χ3v) is 3.55. The fourth-order valence-corrected chi connectivity index (χ4v) is 2.50. The molecular weight excluding hydrogens is 254 g/mol. The Morgan fingerprint density at radius 3 is 2.53 bits per heavy atom. The summed E-state index contributed by atoms with van der Waals surface area (Å²) < 4.78 is 1.15. The van der Waals surface area contributed by atoms with Crippen molar-refractivity contribution in [1.29, 1.82) is 0 Å². The Balaban J connectivity index is 2.23. The van der Waals surface area contributed by atoms with Crippen LogP contribution in [-0.4, -0.2) is 12.5 Å². The highest BCUT2D eigenvalue weighted by Gasteiger charge is 2.45. The summed E-state index contributed by atoms with van der Waals surface area (Å²) >= 11 is 3.57. The van der Waals surface area contributed by atoms with E-state index in [0.29, 0.717) is 6.54 Å². The summed E-state index contributed by atoms with van der Waals surface area (Å²) in [6, 6.07) is 8.27. The van der Waals surface area contributed by atoms with Crippen LogP contribution in [0.1, 0.15) is 18.4 Å². The molecule has 0 amide bonds. The van der Waals surface area contributed by atoms with Crippen LogP contribution in [0.4, 0.5) is 0 Å². The molecular formula is C11H14BrN3. The Bertz CT molecular complexity index is 393. The second-order valence-corrected chi connectivity index (χ2v) is 4.86. The van der Waals surface area contributed by atoms with Gasteiger partial charge in [0, 0.05) is 9.89 Å². The summed E-state index contributed by atoms with van der Waals surface area (Å²) in [5.74, 6) is 0.174. The van der Waals surface area contributed by atoms with Gasteiger partial charge in [0.2, 0.25) is 0 Å². The molecule has 0 bridgehead atoms. The van der Waals surface area contributed by atoms with Crippen molar-refractivity contribution in [3.05, 3.63) is 34.3 Å². The molecule has 1 aromatic rings. The van der Waals surface area contributed by atoms with Gasteiger partial charge in [0.25, 0.3) is 0 Å². The molecule has 15 heavy (non-hydrogen) atoms. The van der Waals surface area contributed by atoms with Crippen LogP contribution in [-0.2, 0) is 5.41 Å². The van der Waals surface area contributed by atoms with E-state index < -0.39 is 0 Å². The molecule has 0 aliphatic heterocycles. The number of halogens is 1. The number of guanidine groups is 1. The molecule has 0 heterocycles. The zero-order chi connectivity index (χ0) is 10.9. The van der Waals surface area contributed by atoms with Crippen molar-refractivity contribution < 1.29 is 0 Å². The van der Waals surface area contributed by atoms with E-state index in [2.05, 4.69) is 39.1 Å². The molecule has 0 atom stereocenters. The average Bonchev–Trinajstić information content (AvgIpc) is 2.97. The number of nitrogens with zero attached hydrogens (tertiary/aromatic N) is 1. The Labute approximate surface area is 97.7 Å². The SMILES string of the molecule is NC(N)=NCC1(c2ccccc2Br)CC1. The largest absolute Gasteiger partial charge is 0.370 e. The van der Waals surface area contributed by atoms with E-state index in [1.54, 1.807) is 0 Å². The van der Waals surface area contributed by atoms with Crippen molar-refractivity contribution in [2.24, 2.45) is 16.5 Å². The molecule has 0 saturated heterocycles. The summed E-state index contributed by atoms with van der Waals surface area (Å²) in [5.41, 5.74) is 12.2. The van der Waals surface area contributed by atoms with Gasteiger partial charge in [-0.1, -0.05) is 34.1 Å². The van der Waals surface area contributed by atoms with Gasteiger partial charge in [-0.3, -0.25) is 4.99 Å². The minimum absolute atomic E-state index is 0.171. The first-order valence-corrected chi connectivity index (χ1v) is 5.74. The van der Waals surface area contributed by atoms with Crippen LogP contribution < -0.4 is 11.5 Å². The molecule has 1 aromatic carbocycles. The topological polar surface area (TPSA) is 64.4 Å². The van der Waals surface area contributed by atoms with Crippen molar-refractivity contribution in [3.63, 3.8) is 0 Å². The molecule has 0 spiro atoms. The highest BCUT2D eigenvalue weighted by molar-refractivity contribution is 9.10. The van der Waals surface area contributed by atoms with E-state index in [9.17, 15) is 0 Å². The third-order valence-electron chi connectivity index (χ3n) is 2.86. The van der Waals surface area contributed by atoms with E-state index in [1.165, 1.54) is 5.56 Å². The molecule has 1 fully saturated rings. The van der Waals surface area contributed by atoms with Gasteiger partial charge in [0.15, 0.2) is 5.96 Å². The monoisotopic (exact) mass is 267 g/mol. The van der Waals surface area contributed by atoms with E-state index in [1.807, 2.05) is 6.07 Å². The Morgan fingerprint density at radius 2 is 2.00 bits per heavy atom. The first kappa shape index (κ1) is 10.5. The van der Waals surface area contributed by atoms with Crippen molar-refractivity contribution in [2.75, 3.05) is 6.54 Å². The number of benzene rings is 1. The Hall–Kier alpha value is -1.03. The van der Waals surface area contributed by atoms with Crippen molar-refractivity contribution in [2.45, 2.75) is 18.3 Å². The van der Waals surface area contributed by atoms with Crippen LogP contribution in [0.15, 0.2) is 33.7 Å². The molecule has 4 N–H and O–H groups in total. The average molecular weight is 268 g/mol. The fraction of sp³-hybridized carbons (Fsp3) is 0.364. The van der Waals surface area contributed by atoms with Gasteiger partial charge in [-0.05, 0) is 24.5 Å². The lowest BCUT2D eigenvalue weighted by Crippen LogP contribution is -2.25. The van der Waals surface area contributed by atoms with Crippen molar-refractivity contribution >= 4 is 21.9 Å². The van der Waals surface area contributed by atoms with Gasteiger partial charge >= 0.3 is 0 Å². The number of nitrogens with two attached hydrogens (primary N) is 2. The van der Waals surface area contributed by atoms with E-state index in [0.717, 1.165) is 17.3 Å². The van der Waals surface area contributed by atoms with Crippen molar-refractivity contribution in [1.82, 2.24) is 0 Å². The predicted octanol–water partition coefficient (Wildman–Crippen LogP) is 1.75. The Kier molecular flexibility index (Phi) is 2.69. The van der Waals surface area contributed by atoms with Crippen LogP contribution >= 0.6 is 15.9 Å². The number of rotatable bonds is 3. The molecule has 1 aliphatic rings. The molecule has 2 rings (SSSR count). The number of aliphatic imine (C=N–C) groups is 1. The molecule has 0 aromatic heterocycles. The summed E-state index contributed by atoms with van der Waals surface area (Å²) in [7, 11) is 0. The molecule has 0 unspecified atom stereocenters. The third kappa shape index (κ3) is 2.15.